The lowest BCUT2D eigenvalue weighted by Gasteiger charge is -2.13. The molecule has 0 amide bonds. The van der Waals surface area contributed by atoms with Crippen molar-refractivity contribution in [3.63, 3.8) is 0 Å². The summed E-state index contributed by atoms with van der Waals surface area (Å²) in [6.45, 7) is 1.28. The molecule has 5 nitrogen and oxygen atoms in total. The molecular formula is C14H16BrN3O2. The lowest BCUT2D eigenvalue weighted by molar-refractivity contribution is 0.106. The van der Waals surface area contributed by atoms with E-state index in [4.69, 9.17) is 4.74 Å². The predicted molar refractivity (Wildman–Crippen MR) is 79.4 cm³/mol. The van der Waals surface area contributed by atoms with Crippen LogP contribution < -0.4 is 10.1 Å². The molecule has 2 N–H and O–H groups in total. The zero-order valence-corrected chi connectivity index (χ0v) is 12.5. The monoisotopic (exact) mass is 337 g/mol. The highest BCUT2D eigenvalue weighted by Crippen LogP contribution is 2.17. The van der Waals surface area contributed by atoms with Gasteiger partial charge in [-0.3, -0.25) is 0 Å². The second-order valence-corrected chi connectivity index (χ2v) is 5.17. The van der Waals surface area contributed by atoms with Crippen LogP contribution in [0.5, 0.6) is 5.75 Å². The van der Waals surface area contributed by atoms with Crippen molar-refractivity contribution < 1.29 is 9.84 Å². The Morgan fingerprint density at radius 1 is 1.35 bits per heavy atom. The summed E-state index contributed by atoms with van der Waals surface area (Å²) >= 11 is 3.37. The lowest BCUT2D eigenvalue weighted by atomic mass is 10.3. The molecule has 1 heterocycles. The standard InChI is InChI=1S/C14H16BrN3O2/c15-11-2-1-3-14(6-11)20-9-13(19)8-17-7-12-4-5-16-10-18-12/h1-6,10,13,17,19H,7-9H2. The Hall–Kier alpha value is -1.50. The number of aliphatic hydroxyl groups is 1. The van der Waals surface area contributed by atoms with Gasteiger partial charge in [0.2, 0.25) is 0 Å². The average Bonchev–Trinajstić information content (AvgIpc) is 2.46. The second-order valence-electron chi connectivity index (χ2n) is 4.25. The lowest BCUT2D eigenvalue weighted by Crippen LogP contribution is -2.31. The van der Waals surface area contributed by atoms with Crippen LogP contribution in [0, 0.1) is 0 Å². The summed E-state index contributed by atoms with van der Waals surface area (Å²) in [5, 5.41) is 12.9. The minimum atomic E-state index is -0.573. The maximum atomic E-state index is 9.83. The van der Waals surface area contributed by atoms with E-state index in [1.807, 2.05) is 30.3 Å². The van der Waals surface area contributed by atoms with Gasteiger partial charge in [-0.05, 0) is 24.3 Å². The number of rotatable bonds is 7. The van der Waals surface area contributed by atoms with E-state index in [1.54, 1.807) is 6.20 Å². The van der Waals surface area contributed by atoms with Crippen LogP contribution in [-0.4, -0.2) is 34.3 Å². The van der Waals surface area contributed by atoms with E-state index in [0.717, 1.165) is 15.9 Å². The largest absolute Gasteiger partial charge is 0.491 e. The number of hydrogen-bond acceptors (Lipinski definition) is 5. The fourth-order valence-corrected chi connectivity index (χ4v) is 1.98. The molecule has 6 heteroatoms. The molecule has 2 aromatic rings. The minimum absolute atomic E-state index is 0.243. The molecule has 1 unspecified atom stereocenters. The smallest absolute Gasteiger partial charge is 0.120 e. The maximum Gasteiger partial charge on any atom is 0.120 e. The van der Waals surface area contributed by atoms with Crippen molar-refractivity contribution in [1.82, 2.24) is 15.3 Å². The molecule has 0 radical (unpaired) electrons. The molecule has 0 bridgehead atoms. The number of benzene rings is 1. The third kappa shape index (κ3) is 5.24. The number of aliphatic hydroxyl groups excluding tert-OH is 1. The Balaban J connectivity index is 1.67. The van der Waals surface area contributed by atoms with Crippen LogP contribution in [0.25, 0.3) is 0 Å². The molecule has 0 saturated heterocycles. The molecule has 0 fully saturated rings. The molecule has 2 rings (SSSR count). The van der Waals surface area contributed by atoms with Crippen LogP contribution in [0.2, 0.25) is 0 Å². The van der Waals surface area contributed by atoms with Gasteiger partial charge in [-0.15, -0.1) is 0 Å². The Labute approximate surface area is 126 Å². The van der Waals surface area contributed by atoms with Crippen LogP contribution in [-0.2, 0) is 6.54 Å². The molecule has 0 aliphatic heterocycles. The van der Waals surface area contributed by atoms with E-state index < -0.39 is 6.10 Å². The highest BCUT2D eigenvalue weighted by atomic mass is 79.9. The molecule has 0 aliphatic carbocycles. The topological polar surface area (TPSA) is 67.3 Å². The number of nitrogens with zero attached hydrogens (tertiary/aromatic N) is 2. The van der Waals surface area contributed by atoms with Crippen molar-refractivity contribution in [1.29, 1.82) is 0 Å². The molecular weight excluding hydrogens is 322 g/mol. The van der Waals surface area contributed by atoms with Gasteiger partial charge in [-0.25, -0.2) is 9.97 Å². The van der Waals surface area contributed by atoms with Gasteiger partial charge in [0.1, 0.15) is 24.8 Å². The van der Waals surface area contributed by atoms with E-state index in [9.17, 15) is 5.11 Å². The summed E-state index contributed by atoms with van der Waals surface area (Å²) in [4.78, 5) is 7.93. The van der Waals surface area contributed by atoms with E-state index in [1.165, 1.54) is 6.33 Å². The van der Waals surface area contributed by atoms with E-state index in [-0.39, 0.29) is 6.61 Å². The van der Waals surface area contributed by atoms with Gasteiger partial charge >= 0.3 is 0 Å². The first-order valence-electron chi connectivity index (χ1n) is 6.26. The predicted octanol–water partition coefficient (Wildman–Crippen LogP) is 1.77. The van der Waals surface area contributed by atoms with Crippen molar-refractivity contribution in [3.05, 3.63) is 53.0 Å². The molecule has 0 aliphatic rings. The molecule has 0 spiro atoms. The highest BCUT2D eigenvalue weighted by molar-refractivity contribution is 9.10. The normalized spacial score (nSPS) is 12.1. The first kappa shape index (κ1) is 14.9. The van der Waals surface area contributed by atoms with Gasteiger partial charge < -0.3 is 15.2 Å². The van der Waals surface area contributed by atoms with Crippen LogP contribution >= 0.6 is 15.9 Å². The number of ether oxygens (including phenoxy) is 1. The third-order valence-corrected chi connectivity index (χ3v) is 3.06. The van der Waals surface area contributed by atoms with Crippen molar-refractivity contribution in [2.24, 2.45) is 0 Å². The Morgan fingerprint density at radius 3 is 3.00 bits per heavy atom. The summed E-state index contributed by atoms with van der Waals surface area (Å²) in [5.41, 5.74) is 0.889. The van der Waals surface area contributed by atoms with E-state index in [2.05, 4.69) is 31.2 Å². The fourth-order valence-electron chi connectivity index (χ4n) is 1.60. The number of nitrogens with one attached hydrogen (secondary N) is 1. The molecule has 1 aromatic carbocycles. The average molecular weight is 338 g/mol. The number of halogens is 1. The molecule has 0 saturated carbocycles. The second kappa shape index (κ2) is 7.94. The number of aromatic nitrogens is 2. The number of hydrogen-bond donors (Lipinski definition) is 2. The summed E-state index contributed by atoms with van der Waals surface area (Å²) < 4.78 is 6.46. The van der Waals surface area contributed by atoms with Crippen LogP contribution in [0.3, 0.4) is 0 Å². The summed E-state index contributed by atoms with van der Waals surface area (Å²) in [5.74, 6) is 0.731. The van der Waals surface area contributed by atoms with Crippen LogP contribution in [0.4, 0.5) is 0 Å². The summed E-state index contributed by atoms with van der Waals surface area (Å²) in [6, 6.07) is 9.36. The van der Waals surface area contributed by atoms with Gasteiger partial charge in [-0.2, -0.15) is 0 Å². The van der Waals surface area contributed by atoms with Gasteiger partial charge in [-0.1, -0.05) is 22.0 Å². The van der Waals surface area contributed by atoms with Gasteiger partial charge in [0.15, 0.2) is 0 Å². The Kier molecular flexibility index (Phi) is 5.91. The quantitative estimate of drug-likeness (QED) is 0.805. The maximum absolute atomic E-state index is 9.83. The van der Waals surface area contributed by atoms with E-state index >= 15 is 0 Å². The van der Waals surface area contributed by atoms with Gasteiger partial charge in [0, 0.05) is 23.8 Å². The zero-order valence-electron chi connectivity index (χ0n) is 10.9. The summed E-state index contributed by atoms with van der Waals surface area (Å²) in [7, 11) is 0. The first-order chi connectivity index (χ1) is 9.74. The van der Waals surface area contributed by atoms with Crippen molar-refractivity contribution in [2.75, 3.05) is 13.2 Å². The highest BCUT2D eigenvalue weighted by Gasteiger charge is 2.05. The molecule has 1 atom stereocenters. The fraction of sp³-hybridized carbons (Fsp3) is 0.286. The first-order valence-corrected chi connectivity index (χ1v) is 7.05. The Bertz CT molecular complexity index is 525. The molecule has 1 aromatic heterocycles. The Morgan fingerprint density at radius 2 is 2.25 bits per heavy atom. The van der Waals surface area contributed by atoms with Crippen LogP contribution in [0.15, 0.2) is 47.3 Å². The molecule has 20 heavy (non-hydrogen) atoms. The van der Waals surface area contributed by atoms with Crippen molar-refractivity contribution >= 4 is 15.9 Å². The van der Waals surface area contributed by atoms with Crippen molar-refractivity contribution in [2.45, 2.75) is 12.6 Å². The minimum Gasteiger partial charge on any atom is -0.491 e. The zero-order chi connectivity index (χ0) is 14.2. The van der Waals surface area contributed by atoms with Gasteiger partial charge in [0.05, 0.1) is 5.69 Å². The summed E-state index contributed by atoms with van der Waals surface area (Å²) in [6.07, 6.45) is 2.62. The SMILES string of the molecule is OC(CNCc1ccncn1)COc1cccc(Br)c1. The van der Waals surface area contributed by atoms with E-state index in [0.29, 0.717) is 13.1 Å². The van der Waals surface area contributed by atoms with Gasteiger partial charge in [0.25, 0.3) is 0 Å². The molecule has 106 valence electrons. The van der Waals surface area contributed by atoms with Crippen LogP contribution in [0.1, 0.15) is 5.69 Å². The third-order valence-electron chi connectivity index (χ3n) is 2.57. The van der Waals surface area contributed by atoms with Crippen molar-refractivity contribution in [3.8, 4) is 5.75 Å².